The molecule has 2 nitrogen and oxygen atoms in total. The molecule has 0 heterocycles. The summed E-state index contributed by atoms with van der Waals surface area (Å²) in [4.78, 5) is 10.2. The number of allylic oxidation sites excluding steroid dienone is 1. The maximum Gasteiger partial charge on any atom is 0.196 e. The summed E-state index contributed by atoms with van der Waals surface area (Å²) in [6.07, 6.45) is 0. The third-order valence-electron chi connectivity index (χ3n) is 0.815. The molecule has 9 heavy (non-hydrogen) atoms. The van der Waals surface area contributed by atoms with Crippen LogP contribution in [0.1, 0.15) is 0 Å². The average molecular weight is 117 g/mol. The summed E-state index contributed by atoms with van der Waals surface area (Å²) in [7, 11) is 11.0. The van der Waals surface area contributed by atoms with E-state index in [-0.39, 0.29) is 11.1 Å². The van der Waals surface area contributed by atoms with Gasteiger partial charge in [-0.1, -0.05) is 6.82 Å². The van der Waals surface area contributed by atoms with Gasteiger partial charge in [-0.25, -0.2) is 0 Å². The molecule has 0 unspecified atom stereocenters. The topological polar surface area (TPSA) is 37.3 Å². The Kier molecular flexibility index (Phi) is 3.21. The van der Waals surface area contributed by atoms with E-state index < -0.39 is 5.68 Å². The highest BCUT2D eigenvalue weighted by Crippen LogP contribution is 1.93. The number of aliphatic hydroxyl groups excluding tert-OH is 1. The lowest BCUT2D eigenvalue weighted by Gasteiger charge is -1.98. The van der Waals surface area contributed by atoms with E-state index in [9.17, 15) is 4.79 Å². The maximum absolute atomic E-state index is 10.2. The average Bonchev–Trinajstić information content (AvgIpc) is 1.84. The van der Waals surface area contributed by atoms with Gasteiger partial charge in [0.05, 0.1) is 5.68 Å². The van der Waals surface area contributed by atoms with E-state index in [1.165, 1.54) is 7.28 Å². The Balaban J connectivity index is 4.28. The van der Waals surface area contributed by atoms with Gasteiger partial charge in [0.25, 0.3) is 0 Å². The summed E-state index contributed by atoms with van der Waals surface area (Å²) in [6.45, 7) is 1.55. The standard InChI is InChI=1S/C4H4B3O2/c1-7-4(9)2(5)3(6)8/h9H,1H3. The fourth-order valence-electron chi connectivity index (χ4n) is 0.282. The quantitative estimate of drug-likeness (QED) is 0.295. The molecule has 0 aromatic carbocycles. The molecule has 0 rings (SSSR count). The van der Waals surface area contributed by atoms with Crippen LogP contribution in [0.3, 0.4) is 0 Å². The summed E-state index contributed by atoms with van der Waals surface area (Å²) >= 11 is 0. The minimum absolute atomic E-state index is 0.275. The number of hydrogen-bond acceptors (Lipinski definition) is 2. The molecule has 0 aromatic rings. The molecule has 0 aliphatic heterocycles. The highest BCUT2D eigenvalue weighted by Gasteiger charge is 2.00. The first kappa shape index (κ1) is 8.40. The highest BCUT2D eigenvalue weighted by atomic mass is 16.3. The van der Waals surface area contributed by atoms with Crippen molar-refractivity contribution in [3.63, 3.8) is 0 Å². The molecular weight excluding hydrogens is 112 g/mol. The Morgan fingerprint density at radius 2 is 2.00 bits per heavy atom. The Bertz CT molecular complexity index is 152. The molecule has 0 aliphatic carbocycles. The van der Waals surface area contributed by atoms with Gasteiger partial charge < -0.3 is 9.90 Å². The van der Waals surface area contributed by atoms with Crippen molar-refractivity contribution < 1.29 is 9.90 Å². The molecule has 1 N–H and O–H groups in total. The molecule has 5 heteroatoms. The van der Waals surface area contributed by atoms with Crippen LogP contribution < -0.4 is 0 Å². The second-order valence-corrected chi connectivity index (χ2v) is 1.45. The van der Waals surface area contributed by atoms with E-state index in [4.69, 9.17) is 20.8 Å². The molecule has 0 bridgehead atoms. The van der Waals surface area contributed by atoms with E-state index in [0.717, 1.165) is 0 Å². The molecule has 0 amide bonds. The van der Waals surface area contributed by atoms with Gasteiger partial charge in [-0.2, -0.15) is 0 Å². The smallest absolute Gasteiger partial charge is 0.196 e. The van der Waals surface area contributed by atoms with Crippen LogP contribution in [0.25, 0.3) is 0 Å². The lowest BCUT2D eigenvalue weighted by Crippen LogP contribution is -2.07. The Labute approximate surface area is 57.4 Å². The molecule has 0 fully saturated rings. The largest absolute Gasteiger partial charge is 0.524 e. The minimum atomic E-state index is -0.814. The van der Waals surface area contributed by atoms with Gasteiger partial charge >= 0.3 is 0 Å². The molecule has 0 saturated heterocycles. The van der Waals surface area contributed by atoms with E-state index in [1.54, 1.807) is 6.82 Å². The lowest BCUT2D eigenvalue weighted by atomic mass is 9.69. The van der Waals surface area contributed by atoms with Gasteiger partial charge in [-0.15, -0.1) is 0 Å². The predicted molar refractivity (Wildman–Crippen MR) is 37.8 cm³/mol. The zero-order valence-corrected chi connectivity index (χ0v) is 5.09. The second kappa shape index (κ2) is 3.43. The van der Waals surface area contributed by atoms with Gasteiger partial charge in [0.2, 0.25) is 0 Å². The van der Waals surface area contributed by atoms with E-state index in [1.807, 2.05) is 0 Å². The first-order valence-corrected chi connectivity index (χ1v) is 2.37. The van der Waals surface area contributed by atoms with Crippen LogP contribution in [0.2, 0.25) is 6.82 Å². The summed E-state index contributed by atoms with van der Waals surface area (Å²) in [5.41, 5.74) is -1.40. The Morgan fingerprint density at radius 1 is 1.56 bits per heavy atom. The van der Waals surface area contributed by atoms with Gasteiger partial charge in [0.1, 0.15) is 7.85 Å². The third kappa shape index (κ3) is 2.45. The molecule has 41 valence electrons. The number of rotatable bonds is 2. The van der Waals surface area contributed by atoms with Gasteiger partial charge in [0.15, 0.2) is 15.1 Å². The van der Waals surface area contributed by atoms with Crippen molar-refractivity contribution in [1.82, 2.24) is 0 Å². The highest BCUT2D eigenvalue weighted by molar-refractivity contribution is 6.70. The summed E-state index contributed by atoms with van der Waals surface area (Å²) in [6, 6.07) is 0. The summed E-state index contributed by atoms with van der Waals surface area (Å²) < 4.78 is 0. The lowest BCUT2D eigenvalue weighted by molar-refractivity contribution is -0.108. The zero-order valence-electron chi connectivity index (χ0n) is 5.09. The van der Waals surface area contributed by atoms with Gasteiger partial charge in [-0.3, -0.25) is 0 Å². The molecule has 5 radical (unpaired) electrons. The van der Waals surface area contributed by atoms with E-state index in [0.29, 0.717) is 0 Å². The van der Waals surface area contributed by atoms with E-state index >= 15 is 0 Å². The first-order chi connectivity index (χ1) is 4.09. The molecule has 0 atom stereocenters. The second-order valence-electron chi connectivity index (χ2n) is 1.45. The Morgan fingerprint density at radius 3 is 2.11 bits per heavy atom. The van der Waals surface area contributed by atoms with Crippen LogP contribution in [0.4, 0.5) is 0 Å². The number of carbonyl (C=O) groups excluding carboxylic acids is 1. The first-order valence-electron chi connectivity index (χ1n) is 2.37. The summed E-state index contributed by atoms with van der Waals surface area (Å²) in [5, 5.41) is 8.70. The van der Waals surface area contributed by atoms with Crippen LogP contribution in [0, 0.1) is 0 Å². The van der Waals surface area contributed by atoms with Crippen molar-refractivity contribution in [3.8, 4) is 0 Å². The monoisotopic (exact) mass is 117 g/mol. The van der Waals surface area contributed by atoms with Crippen molar-refractivity contribution >= 4 is 28.7 Å². The van der Waals surface area contributed by atoms with Crippen LogP contribution >= 0.6 is 0 Å². The molecule has 0 spiro atoms. The van der Waals surface area contributed by atoms with Crippen molar-refractivity contribution in [2.45, 2.75) is 6.82 Å². The number of aliphatic hydroxyl groups is 1. The van der Waals surface area contributed by atoms with Crippen LogP contribution in [-0.4, -0.2) is 33.8 Å². The van der Waals surface area contributed by atoms with Crippen LogP contribution in [0.15, 0.2) is 11.1 Å². The van der Waals surface area contributed by atoms with Crippen molar-refractivity contribution in [2.75, 3.05) is 0 Å². The fraction of sp³-hybridized carbons (Fsp3) is 0.250. The van der Waals surface area contributed by atoms with Crippen LogP contribution in [-0.2, 0) is 4.79 Å². The molecule has 0 saturated carbocycles. The van der Waals surface area contributed by atoms with E-state index in [2.05, 4.69) is 0 Å². The maximum atomic E-state index is 10.2. The number of hydrogen-bond donors (Lipinski definition) is 1. The number of carbonyl (C=O) groups is 1. The van der Waals surface area contributed by atoms with Gasteiger partial charge in [-0.05, 0) is 5.47 Å². The molecular formula is C4H4B3O2. The molecule has 0 aliphatic rings. The normalized spacial score (nSPS) is 12.1. The van der Waals surface area contributed by atoms with Crippen LogP contribution in [0.5, 0.6) is 0 Å². The predicted octanol–water partition coefficient (Wildman–Crippen LogP) is -0.671. The third-order valence-corrected chi connectivity index (χ3v) is 0.815. The SMILES string of the molecule is [B]C(=O)C([B])=C(O)[B]C. The zero-order chi connectivity index (χ0) is 7.44. The minimum Gasteiger partial charge on any atom is -0.524 e. The fourth-order valence-corrected chi connectivity index (χ4v) is 0.282. The van der Waals surface area contributed by atoms with Crippen molar-refractivity contribution in [1.29, 1.82) is 0 Å². The van der Waals surface area contributed by atoms with Crippen molar-refractivity contribution in [3.05, 3.63) is 11.1 Å². The van der Waals surface area contributed by atoms with Gasteiger partial charge in [0, 0.05) is 5.66 Å². The Hall–Kier alpha value is -0.595. The summed E-state index contributed by atoms with van der Waals surface area (Å²) in [5.74, 6) is 0. The van der Waals surface area contributed by atoms with Crippen molar-refractivity contribution in [2.24, 2.45) is 0 Å². The molecule has 0 aromatic heterocycles.